The van der Waals surface area contributed by atoms with E-state index >= 15 is 0 Å². The Morgan fingerprint density at radius 2 is 2.35 bits per heavy atom. The van der Waals surface area contributed by atoms with Crippen molar-refractivity contribution in [1.29, 1.82) is 0 Å². The summed E-state index contributed by atoms with van der Waals surface area (Å²) in [5, 5.41) is 6.24. The normalized spacial score (nSPS) is 19.0. The van der Waals surface area contributed by atoms with Gasteiger partial charge < -0.3 is 15.4 Å². The molecule has 1 aliphatic heterocycles. The molecule has 2 rings (SSSR count). The molecule has 1 unspecified atom stereocenters. The van der Waals surface area contributed by atoms with Crippen LogP contribution >= 0.6 is 0 Å². The minimum Gasteiger partial charge on any atom is -0.496 e. The summed E-state index contributed by atoms with van der Waals surface area (Å²) in [4.78, 5) is 12.0. The molecule has 0 spiro atoms. The molecule has 4 heteroatoms. The van der Waals surface area contributed by atoms with Crippen LogP contribution < -0.4 is 15.4 Å². The second-order valence-electron chi connectivity index (χ2n) is 4.27. The van der Waals surface area contributed by atoms with Gasteiger partial charge >= 0.3 is 0 Å². The Morgan fingerprint density at radius 3 is 3.06 bits per heavy atom. The Labute approximate surface area is 101 Å². The third kappa shape index (κ3) is 2.97. The van der Waals surface area contributed by atoms with Crippen LogP contribution in [0.5, 0.6) is 5.75 Å². The van der Waals surface area contributed by atoms with Crippen LogP contribution in [0.2, 0.25) is 0 Å². The Morgan fingerprint density at radius 1 is 1.53 bits per heavy atom. The van der Waals surface area contributed by atoms with Crippen LogP contribution in [0.3, 0.4) is 0 Å². The highest BCUT2D eigenvalue weighted by Gasteiger charge is 2.17. The third-order valence-electron chi connectivity index (χ3n) is 3.07. The molecular weight excluding hydrogens is 216 g/mol. The quantitative estimate of drug-likeness (QED) is 0.818. The number of benzene rings is 1. The van der Waals surface area contributed by atoms with Crippen LogP contribution in [0.1, 0.15) is 16.8 Å². The molecule has 1 aromatic carbocycles. The van der Waals surface area contributed by atoms with Gasteiger partial charge in [-0.1, -0.05) is 12.1 Å². The predicted octanol–water partition coefficient (Wildman–Crippen LogP) is 1.03. The molecule has 92 valence electrons. The van der Waals surface area contributed by atoms with Gasteiger partial charge in [0.05, 0.1) is 12.7 Å². The fourth-order valence-electron chi connectivity index (χ4n) is 2.05. The molecule has 1 saturated heterocycles. The lowest BCUT2D eigenvalue weighted by Gasteiger charge is -2.11. The molecule has 17 heavy (non-hydrogen) atoms. The topological polar surface area (TPSA) is 50.4 Å². The van der Waals surface area contributed by atoms with E-state index in [1.165, 1.54) is 0 Å². The molecule has 1 heterocycles. The summed E-state index contributed by atoms with van der Waals surface area (Å²) < 4.78 is 5.17. The summed E-state index contributed by atoms with van der Waals surface area (Å²) in [5.41, 5.74) is 0.598. The van der Waals surface area contributed by atoms with Crippen molar-refractivity contribution >= 4 is 5.91 Å². The van der Waals surface area contributed by atoms with Gasteiger partial charge in [0.25, 0.3) is 5.91 Å². The molecule has 0 aromatic heterocycles. The van der Waals surface area contributed by atoms with Crippen molar-refractivity contribution in [3.05, 3.63) is 29.8 Å². The van der Waals surface area contributed by atoms with E-state index in [0.29, 0.717) is 17.2 Å². The van der Waals surface area contributed by atoms with Crippen molar-refractivity contribution in [1.82, 2.24) is 10.6 Å². The van der Waals surface area contributed by atoms with E-state index in [0.717, 1.165) is 26.1 Å². The average Bonchev–Trinajstić information content (AvgIpc) is 2.89. The number of ether oxygens (including phenoxy) is 1. The van der Waals surface area contributed by atoms with Crippen molar-refractivity contribution in [3.8, 4) is 5.75 Å². The zero-order chi connectivity index (χ0) is 12.1. The lowest BCUT2D eigenvalue weighted by Crippen LogP contribution is -2.30. The number of nitrogens with one attached hydrogen (secondary N) is 2. The van der Waals surface area contributed by atoms with Gasteiger partial charge in [-0.15, -0.1) is 0 Å². The molecular formula is C13H18N2O2. The fourth-order valence-corrected chi connectivity index (χ4v) is 2.05. The lowest BCUT2D eigenvalue weighted by atomic mass is 10.1. The van der Waals surface area contributed by atoms with Gasteiger partial charge in [-0.25, -0.2) is 0 Å². The Balaban J connectivity index is 1.94. The molecule has 1 aliphatic rings. The molecule has 4 nitrogen and oxygen atoms in total. The van der Waals surface area contributed by atoms with Crippen LogP contribution in [-0.2, 0) is 0 Å². The molecule has 1 aromatic rings. The van der Waals surface area contributed by atoms with Gasteiger partial charge in [-0.3, -0.25) is 4.79 Å². The zero-order valence-corrected chi connectivity index (χ0v) is 10.0. The highest BCUT2D eigenvalue weighted by molar-refractivity contribution is 5.96. The number of methoxy groups -OCH3 is 1. The van der Waals surface area contributed by atoms with E-state index in [2.05, 4.69) is 10.6 Å². The Bertz CT molecular complexity index is 387. The first-order valence-electron chi connectivity index (χ1n) is 5.93. The van der Waals surface area contributed by atoms with Crippen LogP contribution in [0.25, 0.3) is 0 Å². The molecule has 0 saturated carbocycles. The van der Waals surface area contributed by atoms with E-state index in [4.69, 9.17) is 4.74 Å². The average molecular weight is 234 g/mol. The van der Waals surface area contributed by atoms with Crippen molar-refractivity contribution in [2.45, 2.75) is 6.42 Å². The molecule has 1 amide bonds. The standard InChI is InChI=1S/C13H18N2O2/c1-17-12-5-3-2-4-11(12)13(16)15-9-10-6-7-14-8-10/h2-5,10,14H,6-9H2,1H3,(H,15,16). The summed E-state index contributed by atoms with van der Waals surface area (Å²) >= 11 is 0. The summed E-state index contributed by atoms with van der Waals surface area (Å²) in [7, 11) is 1.58. The van der Waals surface area contributed by atoms with Crippen LogP contribution in [0.4, 0.5) is 0 Å². The summed E-state index contributed by atoms with van der Waals surface area (Å²) in [6, 6.07) is 7.28. The van der Waals surface area contributed by atoms with E-state index < -0.39 is 0 Å². The van der Waals surface area contributed by atoms with Gasteiger partial charge in [0.2, 0.25) is 0 Å². The molecule has 0 radical (unpaired) electrons. The number of carbonyl (C=O) groups excluding carboxylic acids is 1. The van der Waals surface area contributed by atoms with E-state index in [9.17, 15) is 4.79 Å². The number of hydrogen-bond donors (Lipinski definition) is 2. The van der Waals surface area contributed by atoms with E-state index in [-0.39, 0.29) is 5.91 Å². The maximum Gasteiger partial charge on any atom is 0.255 e. The number of amides is 1. The maximum atomic E-state index is 12.0. The monoisotopic (exact) mass is 234 g/mol. The van der Waals surface area contributed by atoms with Crippen molar-refractivity contribution < 1.29 is 9.53 Å². The first kappa shape index (κ1) is 11.9. The molecule has 0 aliphatic carbocycles. The number of rotatable bonds is 4. The fraction of sp³-hybridized carbons (Fsp3) is 0.462. The van der Waals surface area contributed by atoms with Crippen molar-refractivity contribution in [2.75, 3.05) is 26.7 Å². The van der Waals surface area contributed by atoms with Gasteiger partial charge in [0.1, 0.15) is 5.75 Å². The largest absolute Gasteiger partial charge is 0.496 e. The second-order valence-corrected chi connectivity index (χ2v) is 4.27. The highest BCUT2D eigenvalue weighted by Crippen LogP contribution is 2.17. The van der Waals surface area contributed by atoms with E-state index in [1.807, 2.05) is 12.1 Å². The molecule has 2 N–H and O–H groups in total. The third-order valence-corrected chi connectivity index (χ3v) is 3.07. The first-order chi connectivity index (χ1) is 8.31. The number of carbonyl (C=O) groups is 1. The summed E-state index contributed by atoms with van der Waals surface area (Å²) in [6.07, 6.45) is 1.13. The lowest BCUT2D eigenvalue weighted by molar-refractivity contribution is 0.0945. The summed E-state index contributed by atoms with van der Waals surface area (Å²) in [5.74, 6) is 1.11. The smallest absolute Gasteiger partial charge is 0.255 e. The minimum atomic E-state index is -0.0608. The Hall–Kier alpha value is -1.55. The van der Waals surface area contributed by atoms with Crippen LogP contribution in [0, 0.1) is 5.92 Å². The van der Waals surface area contributed by atoms with E-state index in [1.54, 1.807) is 19.2 Å². The number of para-hydroxylation sites is 1. The zero-order valence-electron chi connectivity index (χ0n) is 10.0. The Kier molecular flexibility index (Phi) is 3.98. The van der Waals surface area contributed by atoms with Crippen molar-refractivity contribution in [3.63, 3.8) is 0 Å². The maximum absolute atomic E-state index is 12.0. The SMILES string of the molecule is COc1ccccc1C(=O)NCC1CCNC1. The second kappa shape index (κ2) is 5.68. The van der Waals surface area contributed by atoms with Crippen LogP contribution in [0.15, 0.2) is 24.3 Å². The molecule has 0 bridgehead atoms. The van der Waals surface area contributed by atoms with Gasteiger partial charge in [-0.2, -0.15) is 0 Å². The van der Waals surface area contributed by atoms with Crippen LogP contribution in [-0.4, -0.2) is 32.7 Å². The van der Waals surface area contributed by atoms with Gasteiger partial charge in [-0.05, 0) is 37.6 Å². The molecule has 1 fully saturated rings. The van der Waals surface area contributed by atoms with Crippen molar-refractivity contribution in [2.24, 2.45) is 5.92 Å². The summed E-state index contributed by atoms with van der Waals surface area (Å²) in [6.45, 7) is 2.77. The predicted molar refractivity (Wildman–Crippen MR) is 66.3 cm³/mol. The minimum absolute atomic E-state index is 0.0608. The molecule has 1 atom stereocenters. The van der Waals surface area contributed by atoms with Gasteiger partial charge in [0.15, 0.2) is 0 Å². The first-order valence-corrected chi connectivity index (χ1v) is 5.93. The van der Waals surface area contributed by atoms with Gasteiger partial charge in [0, 0.05) is 6.54 Å². The number of hydrogen-bond acceptors (Lipinski definition) is 3. The highest BCUT2D eigenvalue weighted by atomic mass is 16.5.